The first-order valence-electron chi connectivity index (χ1n) is 8.47. The average Bonchev–Trinajstić information content (AvgIpc) is 2.67. The monoisotopic (exact) mass is 403 g/mol. The number of nitro groups is 1. The Morgan fingerprint density at radius 1 is 1.00 bits per heavy atom. The van der Waals surface area contributed by atoms with E-state index in [0.29, 0.717) is 6.54 Å². The lowest BCUT2D eigenvalue weighted by Crippen LogP contribution is -2.08. The lowest BCUT2D eigenvalue weighted by Gasteiger charge is -2.11. The van der Waals surface area contributed by atoms with Crippen LogP contribution in [0.15, 0.2) is 54.9 Å². The van der Waals surface area contributed by atoms with Crippen LogP contribution in [0.5, 0.6) is 0 Å². The van der Waals surface area contributed by atoms with Gasteiger partial charge in [-0.25, -0.2) is 9.97 Å². The SMILES string of the molecule is Cc1ccc(CNc2ncnc(Nc3ccc(C(F)(F)F)cc3)c2[N+](=O)[O-])cc1. The molecule has 1 aromatic heterocycles. The van der Waals surface area contributed by atoms with Crippen LogP contribution in [0.4, 0.5) is 36.2 Å². The smallest absolute Gasteiger partial charge is 0.360 e. The molecule has 0 aliphatic rings. The molecule has 3 rings (SSSR count). The number of anilines is 3. The van der Waals surface area contributed by atoms with E-state index < -0.39 is 22.4 Å². The van der Waals surface area contributed by atoms with Gasteiger partial charge in [0.1, 0.15) is 6.33 Å². The fourth-order valence-corrected chi connectivity index (χ4v) is 2.54. The zero-order valence-electron chi connectivity index (χ0n) is 15.2. The fraction of sp³-hybridized carbons (Fsp3) is 0.158. The maximum absolute atomic E-state index is 12.7. The Balaban J connectivity index is 1.82. The molecular formula is C19H16F3N5O2. The first-order chi connectivity index (χ1) is 13.7. The zero-order valence-corrected chi connectivity index (χ0v) is 15.2. The summed E-state index contributed by atoms with van der Waals surface area (Å²) < 4.78 is 38.0. The molecule has 2 aromatic carbocycles. The molecule has 0 saturated heterocycles. The van der Waals surface area contributed by atoms with Gasteiger partial charge in [0.2, 0.25) is 11.6 Å². The summed E-state index contributed by atoms with van der Waals surface area (Å²) in [5.74, 6) is -0.129. The van der Waals surface area contributed by atoms with Crippen molar-refractivity contribution in [2.75, 3.05) is 10.6 Å². The third-order valence-corrected chi connectivity index (χ3v) is 4.06. The number of hydrogen-bond donors (Lipinski definition) is 2. The van der Waals surface area contributed by atoms with Gasteiger partial charge in [-0.1, -0.05) is 29.8 Å². The molecule has 0 unspecified atom stereocenters. The van der Waals surface area contributed by atoms with Crippen molar-refractivity contribution >= 4 is 23.0 Å². The van der Waals surface area contributed by atoms with E-state index in [9.17, 15) is 23.3 Å². The molecule has 0 bridgehead atoms. The summed E-state index contributed by atoms with van der Waals surface area (Å²) in [4.78, 5) is 18.7. The second-order valence-electron chi connectivity index (χ2n) is 6.22. The number of nitrogens with one attached hydrogen (secondary N) is 2. The van der Waals surface area contributed by atoms with Gasteiger partial charge in [-0.15, -0.1) is 0 Å². The van der Waals surface area contributed by atoms with Crippen molar-refractivity contribution in [2.45, 2.75) is 19.6 Å². The lowest BCUT2D eigenvalue weighted by molar-refractivity contribution is -0.383. The highest BCUT2D eigenvalue weighted by molar-refractivity contribution is 5.73. The van der Waals surface area contributed by atoms with Gasteiger partial charge in [0.15, 0.2) is 0 Å². The van der Waals surface area contributed by atoms with E-state index in [-0.39, 0.29) is 17.3 Å². The van der Waals surface area contributed by atoms with Gasteiger partial charge in [-0.05, 0) is 36.8 Å². The number of rotatable bonds is 6. The van der Waals surface area contributed by atoms with Gasteiger partial charge >= 0.3 is 11.9 Å². The third kappa shape index (κ3) is 4.98. The van der Waals surface area contributed by atoms with Crippen LogP contribution in [-0.2, 0) is 12.7 Å². The number of hydrogen-bond acceptors (Lipinski definition) is 6. The third-order valence-electron chi connectivity index (χ3n) is 4.06. The van der Waals surface area contributed by atoms with Crippen molar-refractivity contribution in [1.29, 1.82) is 0 Å². The van der Waals surface area contributed by atoms with E-state index in [1.54, 1.807) is 0 Å². The van der Waals surface area contributed by atoms with Crippen LogP contribution in [-0.4, -0.2) is 14.9 Å². The van der Waals surface area contributed by atoms with E-state index in [2.05, 4.69) is 20.6 Å². The topological polar surface area (TPSA) is 93.0 Å². The van der Waals surface area contributed by atoms with Gasteiger partial charge < -0.3 is 10.6 Å². The minimum absolute atomic E-state index is 0.0000123. The zero-order chi connectivity index (χ0) is 21.0. The van der Waals surface area contributed by atoms with Gasteiger partial charge in [-0.3, -0.25) is 10.1 Å². The van der Waals surface area contributed by atoms with Gasteiger partial charge in [-0.2, -0.15) is 13.2 Å². The number of aryl methyl sites for hydroxylation is 1. The number of nitrogens with zero attached hydrogens (tertiary/aromatic N) is 3. The number of benzene rings is 2. The van der Waals surface area contributed by atoms with Gasteiger partial charge in [0.05, 0.1) is 10.5 Å². The summed E-state index contributed by atoms with van der Waals surface area (Å²) in [5.41, 5.74) is 0.995. The molecule has 2 N–H and O–H groups in total. The second kappa shape index (κ2) is 8.13. The molecule has 3 aromatic rings. The predicted octanol–water partition coefficient (Wildman–Crippen LogP) is 5.07. The van der Waals surface area contributed by atoms with Crippen molar-refractivity contribution in [3.8, 4) is 0 Å². The quantitative estimate of drug-likeness (QED) is 0.441. The lowest BCUT2D eigenvalue weighted by atomic mass is 10.1. The van der Waals surface area contributed by atoms with Crippen molar-refractivity contribution in [3.63, 3.8) is 0 Å². The van der Waals surface area contributed by atoms with Crippen LogP contribution in [0.2, 0.25) is 0 Å². The molecule has 0 spiro atoms. The molecule has 0 amide bonds. The summed E-state index contributed by atoms with van der Waals surface area (Å²) in [6.07, 6.45) is -3.33. The molecule has 7 nitrogen and oxygen atoms in total. The minimum atomic E-state index is -4.47. The van der Waals surface area contributed by atoms with E-state index in [1.807, 2.05) is 31.2 Å². The van der Waals surface area contributed by atoms with Crippen LogP contribution < -0.4 is 10.6 Å². The Morgan fingerprint density at radius 2 is 1.62 bits per heavy atom. The van der Waals surface area contributed by atoms with Crippen LogP contribution in [0.25, 0.3) is 0 Å². The van der Waals surface area contributed by atoms with E-state index in [0.717, 1.165) is 29.6 Å². The maximum Gasteiger partial charge on any atom is 0.416 e. The van der Waals surface area contributed by atoms with Crippen molar-refractivity contribution in [1.82, 2.24) is 9.97 Å². The highest BCUT2D eigenvalue weighted by Gasteiger charge is 2.30. The molecule has 1 heterocycles. The fourth-order valence-electron chi connectivity index (χ4n) is 2.54. The standard InChI is InChI=1S/C19H16F3N5O2/c1-12-2-4-13(5-3-12)10-23-17-16(27(28)29)18(25-11-24-17)26-15-8-6-14(7-9-15)19(20,21)22/h2-9,11H,10H2,1H3,(H2,23,24,25,26). The first-order valence-corrected chi connectivity index (χ1v) is 8.47. The molecule has 0 fully saturated rings. The molecule has 10 heteroatoms. The number of alkyl halides is 3. The van der Waals surface area contributed by atoms with E-state index in [1.165, 1.54) is 12.1 Å². The van der Waals surface area contributed by atoms with E-state index >= 15 is 0 Å². The normalized spacial score (nSPS) is 11.2. The Labute approximate surface area is 163 Å². The molecule has 29 heavy (non-hydrogen) atoms. The Hall–Kier alpha value is -3.69. The molecule has 0 saturated carbocycles. The summed E-state index contributed by atoms with van der Waals surface area (Å²) in [6, 6.07) is 11.7. The molecular weight excluding hydrogens is 387 g/mol. The van der Waals surface area contributed by atoms with Gasteiger partial charge in [0, 0.05) is 12.2 Å². The first kappa shape index (κ1) is 20.1. The summed E-state index contributed by atoms with van der Waals surface area (Å²) in [6.45, 7) is 2.25. The molecule has 0 atom stereocenters. The highest BCUT2D eigenvalue weighted by Crippen LogP contribution is 2.33. The number of aromatic nitrogens is 2. The highest BCUT2D eigenvalue weighted by atomic mass is 19.4. The average molecular weight is 403 g/mol. The molecule has 150 valence electrons. The van der Waals surface area contributed by atoms with Crippen molar-refractivity contribution in [2.24, 2.45) is 0 Å². The molecule has 0 radical (unpaired) electrons. The maximum atomic E-state index is 12.7. The van der Waals surface area contributed by atoms with Crippen molar-refractivity contribution < 1.29 is 18.1 Å². The minimum Gasteiger partial charge on any atom is -0.360 e. The van der Waals surface area contributed by atoms with Crippen LogP contribution in [0, 0.1) is 17.0 Å². The second-order valence-corrected chi connectivity index (χ2v) is 6.22. The summed E-state index contributed by atoms with van der Waals surface area (Å²) >= 11 is 0. The van der Waals surface area contributed by atoms with Gasteiger partial charge in [0.25, 0.3) is 0 Å². The van der Waals surface area contributed by atoms with Crippen LogP contribution >= 0.6 is 0 Å². The number of halogens is 3. The Bertz CT molecular complexity index is 1010. The Kier molecular flexibility index (Phi) is 5.62. The predicted molar refractivity (Wildman–Crippen MR) is 102 cm³/mol. The van der Waals surface area contributed by atoms with Crippen LogP contribution in [0.3, 0.4) is 0 Å². The van der Waals surface area contributed by atoms with Crippen molar-refractivity contribution in [3.05, 3.63) is 81.7 Å². The molecule has 0 aliphatic heterocycles. The largest absolute Gasteiger partial charge is 0.416 e. The summed E-state index contributed by atoms with van der Waals surface area (Å²) in [7, 11) is 0. The Morgan fingerprint density at radius 3 is 2.21 bits per heavy atom. The van der Waals surface area contributed by atoms with E-state index in [4.69, 9.17) is 0 Å². The molecule has 0 aliphatic carbocycles. The van der Waals surface area contributed by atoms with Crippen LogP contribution in [0.1, 0.15) is 16.7 Å². The summed E-state index contributed by atoms with van der Waals surface area (Å²) in [5, 5.41) is 17.2.